The molecule has 2 aromatic carbocycles. The molecular formula is C16H15ClN4O2S. The van der Waals surface area contributed by atoms with Gasteiger partial charge < -0.3 is 10.2 Å². The van der Waals surface area contributed by atoms with Crippen molar-refractivity contribution in [3.8, 4) is 0 Å². The van der Waals surface area contributed by atoms with Crippen molar-refractivity contribution in [1.29, 1.82) is 0 Å². The molecule has 0 fully saturated rings. The van der Waals surface area contributed by atoms with Crippen molar-refractivity contribution in [2.45, 2.75) is 17.9 Å². The largest absolute Gasteiger partial charge is 0.382 e. The molecule has 3 rings (SSSR count). The number of halogens is 1. The lowest BCUT2D eigenvalue weighted by Gasteiger charge is -2.15. The van der Waals surface area contributed by atoms with E-state index in [1.807, 2.05) is 30.5 Å². The SMILES string of the molecule is CSc1ccccc1NC(=O)[C@@H](C)On1nnc2ccc(Cl)cc21. The summed E-state index contributed by atoms with van der Waals surface area (Å²) in [6.45, 7) is 1.65. The summed E-state index contributed by atoms with van der Waals surface area (Å²) in [4.78, 5) is 20.2. The van der Waals surface area contributed by atoms with Crippen LogP contribution in [0.3, 0.4) is 0 Å². The van der Waals surface area contributed by atoms with E-state index in [9.17, 15) is 4.79 Å². The van der Waals surface area contributed by atoms with Crippen LogP contribution < -0.4 is 10.2 Å². The van der Waals surface area contributed by atoms with Gasteiger partial charge in [0.25, 0.3) is 5.91 Å². The van der Waals surface area contributed by atoms with Crippen molar-refractivity contribution in [3.05, 3.63) is 47.5 Å². The Kier molecular flexibility index (Phi) is 4.92. The second kappa shape index (κ2) is 7.11. The Bertz CT molecular complexity index is 883. The maximum Gasteiger partial charge on any atom is 0.268 e. The summed E-state index contributed by atoms with van der Waals surface area (Å²) < 4.78 is 0. The van der Waals surface area contributed by atoms with Crippen LogP contribution in [0.25, 0.3) is 11.0 Å². The Balaban J connectivity index is 1.75. The monoisotopic (exact) mass is 362 g/mol. The van der Waals surface area contributed by atoms with Crippen LogP contribution in [0.2, 0.25) is 5.02 Å². The summed E-state index contributed by atoms with van der Waals surface area (Å²) in [6, 6.07) is 12.7. The molecule has 6 nitrogen and oxygen atoms in total. The van der Waals surface area contributed by atoms with E-state index in [4.69, 9.17) is 16.4 Å². The Morgan fingerprint density at radius 1 is 1.33 bits per heavy atom. The average Bonchev–Trinajstić information content (AvgIpc) is 2.97. The third-order valence-electron chi connectivity index (χ3n) is 3.37. The molecule has 8 heteroatoms. The lowest BCUT2D eigenvalue weighted by Crippen LogP contribution is -2.35. The molecule has 1 N–H and O–H groups in total. The Morgan fingerprint density at radius 3 is 2.92 bits per heavy atom. The van der Waals surface area contributed by atoms with E-state index >= 15 is 0 Å². The van der Waals surface area contributed by atoms with Crippen molar-refractivity contribution in [2.24, 2.45) is 0 Å². The van der Waals surface area contributed by atoms with Gasteiger partial charge in [-0.25, -0.2) is 0 Å². The molecule has 24 heavy (non-hydrogen) atoms. The predicted octanol–water partition coefficient (Wildman–Crippen LogP) is 3.26. The van der Waals surface area contributed by atoms with Crippen molar-refractivity contribution >= 4 is 46.0 Å². The minimum absolute atomic E-state index is 0.276. The van der Waals surface area contributed by atoms with E-state index in [0.29, 0.717) is 16.1 Å². The highest BCUT2D eigenvalue weighted by atomic mass is 35.5. The van der Waals surface area contributed by atoms with Crippen LogP contribution in [-0.2, 0) is 4.79 Å². The van der Waals surface area contributed by atoms with Crippen molar-refractivity contribution < 1.29 is 9.63 Å². The highest BCUT2D eigenvalue weighted by Crippen LogP contribution is 2.24. The third-order valence-corrected chi connectivity index (χ3v) is 4.40. The van der Waals surface area contributed by atoms with Crippen LogP contribution in [0.5, 0.6) is 0 Å². The second-order valence-electron chi connectivity index (χ2n) is 5.03. The normalized spacial score (nSPS) is 12.1. The molecule has 0 aliphatic carbocycles. The van der Waals surface area contributed by atoms with Gasteiger partial charge in [-0.3, -0.25) is 4.79 Å². The van der Waals surface area contributed by atoms with Gasteiger partial charge in [0.1, 0.15) is 11.0 Å². The third kappa shape index (κ3) is 3.47. The maximum absolute atomic E-state index is 12.4. The van der Waals surface area contributed by atoms with E-state index in [1.54, 1.807) is 36.9 Å². The summed E-state index contributed by atoms with van der Waals surface area (Å²) in [6.07, 6.45) is 1.19. The molecule has 0 bridgehead atoms. The number of nitrogens with zero attached hydrogens (tertiary/aromatic N) is 3. The number of aromatic nitrogens is 3. The van der Waals surface area contributed by atoms with E-state index in [2.05, 4.69) is 15.6 Å². The molecule has 0 spiro atoms. The van der Waals surface area contributed by atoms with Crippen molar-refractivity contribution in [1.82, 2.24) is 15.2 Å². The molecule has 0 saturated carbocycles. The van der Waals surface area contributed by atoms with Crippen LogP contribution in [0.15, 0.2) is 47.4 Å². The van der Waals surface area contributed by atoms with Gasteiger partial charge in [0.15, 0.2) is 0 Å². The first kappa shape index (κ1) is 16.6. The van der Waals surface area contributed by atoms with Gasteiger partial charge >= 0.3 is 0 Å². The van der Waals surface area contributed by atoms with E-state index in [-0.39, 0.29) is 5.91 Å². The second-order valence-corrected chi connectivity index (χ2v) is 6.32. The molecule has 0 unspecified atom stereocenters. The van der Waals surface area contributed by atoms with Crippen molar-refractivity contribution in [3.63, 3.8) is 0 Å². The summed E-state index contributed by atoms with van der Waals surface area (Å²) in [5.41, 5.74) is 1.99. The lowest BCUT2D eigenvalue weighted by molar-refractivity contribution is -0.127. The molecule has 0 aliphatic rings. The number of amides is 1. The Labute approximate surface area is 148 Å². The minimum atomic E-state index is -0.760. The van der Waals surface area contributed by atoms with E-state index in [1.165, 1.54) is 4.85 Å². The van der Waals surface area contributed by atoms with Gasteiger partial charge in [-0.2, -0.15) is 0 Å². The maximum atomic E-state index is 12.4. The van der Waals surface area contributed by atoms with Crippen LogP contribution in [0.1, 0.15) is 6.92 Å². The summed E-state index contributed by atoms with van der Waals surface area (Å²) in [5.74, 6) is -0.276. The van der Waals surface area contributed by atoms with Crippen LogP contribution >= 0.6 is 23.4 Å². The highest BCUT2D eigenvalue weighted by molar-refractivity contribution is 7.98. The van der Waals surface area contributed by atoms with E-state index in [0.717, 1.165) is 10.6 Å². The van der Waals surface area contributed by atoms with Gasteiger partial charge in [0, 0.05) is 9.92 Å². The van der Waals surface area contributed by atoms with Crippen LogP contribution in [0, 0.1) is 0 Å². The van der Waals surface area contributed by atoms with Crippen LogP contribution in [-0.4, -0.2) is 33.4 Å². The number of anilines is 1. The lowest BCUT2D eigenvalue weighted by atomic mass is 10.3. The Morgan fingerprint density at radius 2 is 2.12 bits per heavy atom. The molecule has 0 aliphatic heterocycles. The number of benzene rings is 2. The first-order chi connectivity index (χ1) is 11.6. The molecule has 3 aromatic rings. The fourth-order valence-corrected chi connectivity index (χ4v) is 2.85. The van der Waals surface area contributed by atoms with Gasteiger partial charge in [-0.1, -0.05) is 28.6 Å². The number of nitrogens with one attached hydrogen (secondary N) is 1. The summed E-state index contributed by atoms with van der Waals surface area (Å²) in [7, 11) is 0. The number of rotatable bonds is 5. The van der Waals surface area contributed by atoms with Gasteiger partial charge in [-0.15, -0.1) is 16.9 Å². The van der Waals surface area contributed by atoms with Crippen molar-refractivity contribution in [2.75, 3.05) is 11.6 Å². The number of thioether (sulfide) groups is 1. The quantitative estimate of drug-likeness (QED) is 0.705. The average molecular weight is 363 g/mol. The van der Waals surface area contributed by atoms with Gasteiger partial charge in [0.05, 0.1) is 5.69 Å². The predicted molar refractivity (Wildman–Crippen MR) is 95.4 cm³/mol. The molecular weight excluding hydrogens is 348 g/mol. The molecule has 124 valence electrons. The first-order valence-electron chi connectivity index (χ1n) is 7.20. The number of hydrogen-bond donors (Lipinski definition) is 1. The molecule has 1 amide bonds. The first-order valence-corrected chi connectivity index (χ1v) is 8.81. The molecule has 1 heterocycles. The number of hydrogen-bond acceptors (Lipinski definition) is 5. The number of fused-ring (bicyclic) bond motifs is 1. The molecule has 0 radical (unpaired) electrons. The fraction of sp³-hybridized carbons (Fsp3) is 0.188. The fourth-order valence-electron chi connectivity index (χ4n) is 2.13. The molecule has 1 atom stereocenters. The smallest absolute Gasteiger partial charge is 0.268 e. The zero-order chi connectivity index (χ0) is 17.1. The zero-order valence-corrected chi connectivity index (χ0v) is 14.6. The van der Waals surface area contributed by atoms with Crippen LogP contribution in [0.4, 0.5) is 5.69 Å². The topological polar surface area (TPSA) is 69.0 Å². The molecule has 0 saturated heterocycles. The zero-order valence-electron chi connectivity index (χ0n) is 13.1. The van der Waals surface area contributed by atoms with E-state index < -0.39 is 6.10 Å². The highest BCUT2D eigenvalue weighted by Gasteiger charge is 2.18. The van der Waals surface area contributed by atoms with Gasteiger partial charge in [-0.05, 0) is 48.7 Å². The number of carbonyl (C=O) groups excluding carboxylic acids is 1. The Hall–Kier alpha value is -2.25. The summed E-state index contributed by atoms with van der Waals surface area (Å²) in [5, 5.41) is 11.3. The molecule has 1 aromatic heterocycles. The minimum Gasteiger partial charge on any atom is -0.382 e. The standard InChI is InChI=1S/C16H15ClN4O2S/c1-10(16(22)18-13-5-3-4-6-15(13)24-2)23-21-14-9-11(17)7-8-12(14)19-20-21/h3-10H,1-2H3,(H,18,22)/t10-/m1/s1. The van der Waals surface area contributed by atoms with Gasteiger partial charge in [0.2, 0.25) is 6.10 Å². The number of para-hydroxylation sites is 1. The number of carbonyl (C=O) groups is 1. The summed E-state index contributed by atoms with van der Waals surface area (Å²) >= 11 is 7.54.